The first-order valence-electron chi connectivity index (χ1n) is 7.45. The number of rotatable bonds is 9. The molecule has 0 saturated carbocycles. The van der Waals surface area contributed by atoms with Crippen molar-refractivity contribution in [1.82, 2.24) is 5.32 Å². The fourth-order valence-corrected chi connectivity index (χ4v) is 3.32. The van der Waals surface area contributed by atoms with Crippen molar-refractivity contribution in [3.63, 3.8) is 0 Å². The summed E-state index contributed by atoms with van der Waals surface area (Å²) in [5, 5.41) is 11.6. The molecule has 0 bridgehead atoms. The molecule has 1 aromatic carbocycles. The van der Waals surface area contributed by atoms with Gasteiger partial charge < -0.3 is 15.2 Å². The first-order valence-corrected chi connectivity index (χ1v) is 9.10. The Balaban J connectivity index is 2.87. The summed E-state index contributed by atoms with van der Waals surface area (Å²) in [6, 6.07) is 6.18. The number of methoxy groups -OCH3 is 1. The minimum absolute atomic E-state index is 0.0207. The quantitative estimate of drug-likeness (QED) is 0.683. The lowest BCUT2D eigenvalue weighted by atomic mass is 9.98. The summed E-state index contributed by atoms with van der Waals surface area (Å²) in [6.07, 6.45) is -0.331. The molecule has 0 aromatic heterocycles. The van der Waals surface area contributed by atoms with Crippen molar-refractivity contribution in [1.29, 1.82) is 0 Å². The molecule has 0 aliphatic carbocycles. The maximum absolute atomic E-state index is 12.2. The van der Waals surface area contributed by atoms with Gasteiger partial charge in [0.25, 0.3) is 0 Å². The molecule has 0 radical (unpaired) electrons. The second kappa shape index (κ2) is 8.25. The van der Waals surface area contributed by atoms with Gasteiger partial charge in [-0.15, -0.1) is 0 Å². The summed E-state index contributed by atoms with van der Waals surface area (Å²) in [5.41, 5.74) is -0.498. The summed E-state index contributed by atoms with van der Waals surface area (Å²) in [5.74, 6) is -1.47. The standard InChI is InChI=1S/C16H23NO6S/c1-4-24(21,22)13-7-5-6-12(8-13)9-14(18)17-16(2,11-23-3)10-15(19)20/h5-8H,4,9-11H2,1-3H3,(H,17,18)(H,19,20). The van der Waals surface area contributed by atoms with Gasteiger partial charge in [-0.05, 0) is 24.6 Å². The molecule has 0 heterocycles. The van der Waals surface area contributed by atoms with Crippen LogP contribution in [0.15, 0.2) is 29.2 Å². The van der Waals surface area contributed by atoms with Crippen LogP contribution in [0.4, 0.5) is 0 Å². The highest BCUT2D eigenvalue weighted by molar-refractivity contribution is 7.91. The van der Waals surface area contributed by atoms with E-state index in [0.717, 1.165) is 0 Å². The molecule has 0 fully saturated rings. The maximum atomic E-state index is 12.2. The second-order valence-electron chi connectivity index (χ2n) is 5.84. The van der Waals surface area contributed by atoms with Crippen LogP contribution in [-0.2, 0) is 30.6 Å². The molecule has 8 heteroatoms. The van der Waals surface area contributed by atoms with Crippen LogP contribution >= 0.6 is 0 Å². The van der Waals surface area contributed by atoms with E-state index in [1.54, 1.807) is 26.0 Å². The summed E-state index contributed by atoms with van der Waals surface area (Å²) in [7, 11) is -1.92. The van der Waals surface area contributed by atoms with E-state index in [0.29, 0.717) is 5.56 Å². The van der Waals surface area contributed by atoms with E-state index in [4.69, 9.17) is 9.84 Å². The van der Waals surface area contributed by atoms with Crippen molar-refractivity contribution in [3.05, 3.63) is 29.8 Å². The van der Waals surface area contributed by atoms with Crippen molar-refractivity contribution in [3.8, 4) is 0 Å². The van der Waals surface area contributed by atoms with Crippen LogP contribution in [0.2, 0.25) is 0 Å². The Morgan fingerprint density at radius 3 is 2.54 bits per heavy atom. The number of carboxylic acids is 1. The van der Waals surface area contributed by atoms with Gasteiger partial charge in [-0.3, -0.25) is 9.59 Å². The number of hydrogen-bond donors (Lipinski definition) is 2. The van der Waals surface area contributed by atoms with Gasteiger partial charge in [0.2, 0.25) is 5.91 Å². The molecular formula is C16H23NO6S. The van der Waals surface area contributed by atoms with E-state index >= 15 is 0 Å². The Labute approximate surface area is 141 Å². The molecule has 1 amide bonds. The first-order chi connectivity index (χ1) is 11.1. The number of carbonyl (C=O) groups is 2. The van der Waals surface area contributed by atoms with E-state index in [9.17, 15) is 18.0 Å². The van der Waals surface area contributed by atoms with Gasteiger partial charge >= 0.3 is 5.97 Å². The Morgan fingerprint density at radius 2 is 2.00 bits per heavy atom. The van der Waals surface area contributed by atoms with Gasteiger partial charge in [0.05, 0.1) is 35.6 Å². The van der Waals surface area contributed by atoms with Gasteiger partial charge in [0.15, 0.2) is 9.84 Å². The van der Waals surface area contributed by atoms with Crippen molar-refractivity contribution >= 4 is 21.7 Å². The topological polar surface area (TPSA) is 110 Å². The van der Waals surface area contributed by atoms with Gasteiger partial charge in [-0.1, -0.05) is 19.1 Å². The SMILES string of the molecule is CCS(=O)(=O)c1cccc(CC(=O)NC(C)(COC)CC(=O)O)c1. The molecule has 134 valence electrons. The van der Waals surface area contributed by atoms with Crippen LogP contribution in [0.1, 0.15) is 25.8 Å². The predicted molar refractivity (Wildman–Crippen MR) is 88.5 cm³/mol. The molecule has 1 unspecified atom stereocenters. The van der Waals surface area contributed by atoms with Gasteiger partial charge in [0, 0.05) is 7.11 Å². The largest absolute Gasteiger partial charge is 0.481 e. The van der Waals surface area contributed by atoms with Gasteiger partial charge in [0.1, 0.15) is 0 Å². The smallest absolute Gasteiger partial charge is 0.305 e. The Bertz CT molecular complexity index is 700. The summed E-state index contributed by atoms with van der Waals surface area (Å²) in [6.45, 7) is 3.19. The van der Waals surface area contributed by atoms with E-state index in [1.807, 2.05) is 0 Å². The molecule has 24 heavy (non-hydrogen) atoms. The Kier molecular flexibility index (Phi) is 6.92. The van der Waals surface area contributed by atoms with E-state index in [2.05, 4.69) is 5.32 Å². The number of nitrogens with one attached hydrogen (secondary N) is 1. The lowest BCUT2D eigenvalue weighted by Crippen LogP contribution is -2.51. The summed E-state index contributed by atoms with van der Waals surface area (Å²) >= 11 is 0. The number of ether oxygens (including phenoxy) is 1. The lowest BCUT2D eigenvalue weighted by molar-refractivity contribution is -0.139. The summed E-state index contributed by atoms with van der Waals surface area (Å²) < 4.78 is 28.8. The molecule has 0 aliphatic heterocycles. The molecular weight excluding hydrogens is 334 g/mol. The molecule has 0 saturated heterocycles. The number of carbonyl (C=O) groups excluding carboxylic acids is 1. The van der Waals surface area contributed by atoms with Crippen molar-refractivity contribution in [2.45, 2.75) is 37.1 Å². The fourth-order valence-electron chi connectivity index (χ4n) is 2.37. The number of benzene rings is 1. The number of amides is 1. The average molecular weight is 357 g/mol. The number of aliphatic carboxylic acids is 1. The zero-order valence-corrected chi connectivity index (χ0v) is 14.9. The predicted octanol–water partition coefficient (Wildman–Crippen LogP) is 1.02. The average Bonchev–Trinajstić information content (AvgIpc) is 2.46. The lowest BCUT2D eigenvalue weighted by Gasteiger charge is -2.28. The minimum Gasteiger partial charge on any atom is -0.481 e. The first kappa shape index (κ1) is 20.1. The third-order valence-electron chi connectivity index (χ3n) is 3.45. The van der Waals surface area contributed by atoms with Crippen molar-refractivity contribution in [2.24, 2.45) is 0 Å². The fraction of sp³-hybridized carbons (Fsp3) is 0.500. The highest BCUT2D eigenvalue weighted by atomic mass is 32.2. The monoisotopic (exact) mass is 357 g/mol. The van der Waals surface area contributed by atoms with Crippen molar-refractivity contribution < 1.29 is 27.9 Å². The molecule has 0 spiro atoms. The zero-order chi connectivity index (χ0) is 18.4. The van der Waals surface area contributed by atoms with Gasteiger partial charge in [-0.2, -0.15) is 0 Å². The Hall–Kier alpha value is -1.93. The van der Waals surface area contributed by atoms with Crippen LogP contribution < -0.4 is 5.32 Å². The van der Waals surface area contributed by atoms with Crippen LogP contribution in [0.5, 0.6) is 0 Å². The molecule has 7 nitrogen and oxygen atoms in total. The third kappa shape index (κ3) is 5.93. The molecule has 2 N–H and O–H groups in total. The van der Waals surface area contributed by atoms with E-state index in [-0.39, 0.29) is 30.1 Å². The number of carboxylic acid groups (broad SMARTS) is 1. The molecule has 1 rings (SSSR count). The van der Waals surface area contributed by atoms with E-state index < -0.39 is 27.3 Å². The minimum atomic E-state index is -3.35. The van der Waals surface area contributed by atoms with Gasteiger partial charge in [-0.25, -0.2) is 8.42 Å². The highest BCUT2D eigenvalue weighted by Gasteiger charge is 2.29. The summed E-state index contributed by atoms with van der Waals surface area (Å²) in [4.78, 5) is 23.3. The highest BCUT2D eigenvalue weighted by Crippen LogP contribution is 2.15. The number of sulfone groups is 1. The normalized spacial score (nSPS) is 14.0. The van der Waals surface area contributed by atoms with Crippen LogP contribution in [0, 0.1) is 0 Å². The molecule has 1 atom stereocenters. The van der Waals surface area contributed by atoms with Crippen LogP contribution in [-0.4, -0.2) is 50.4 Å². The molecule has 0 aliphatic rings. The zero-order valence-electron chi connectivity index (χ0n) is 14.0. The van der Waals surface area contributed by atoms with Crippen LogP contribution in [0.3, 0.4) is 0 Å². The number of hydrogen-bond acceptors (Lipinski definition) is 5. The maximum Gasteiger partial charge on any atom is 0.305 e. The Morgan fingerprint density at radius 1 is 1.33 bits per heavy atom. The van der Waals surface area contributed by atoms with Crippen LogP contribution in [0.25, 0.3) is 0 Å². The third-order valence-corrected chi connectivity index (χ3v) is 5.18. The second-order valence-corrected chi connectivity index (χ2v) is 8.12. The molecule has 1 aromatic rings. The van der Waals surface area contributed by atoms with E-state index in [1.165, 1.54) is 19.2 Å². The van der Waals surface area contributed by atoms with Crippen molar-refractivity contribution in [2.75, 3.05) is 19.5 Å².